The van der Waals surface area contributed by atoms with Crippen LogP contribution in [0.1, 0.15) is 12.5 Å². The maximum Gasteiger partial charge on any atom is 0.246 e. The van der Waals surface area contributed by atoms with Crippen LogP contribution < -0.4 is 16.0 Å². The fourth-order valence-corrected chi connectivity index (χ4v) is 2.12. The van der Waals surface area contributed by atoms with E-state index in [1.54, 1.807) is 20.0 Å². The number of amides is 2. The number of hydrogen-bond acceptors (Lipinski definition) is 3. The van der Waals surface area contributed by atoms with Crippen LogP contribution in [0.4, 0.5) is 15.8 Å². The summed E-state index contributed by atoms with van der Waals surface area (Å²) < 4.78 is 13.1. The minimum absolute atomic E-state index is 0.0569. The van der Waals surface area contributed by atoms with Crippen LogP contribution >= 0.6 is 0 Å². The average molecular weight is 329 g/mol. The van der Waals surface area contributed by atoms with E-state index in [2.05, 4.69) is 16.0 Å². The Hall–Kier alpha value is -2.89. The van der Waals surface area contributed by atoms with Crippen LogP contribution in [-0.2, 0) is 16.0 Å². The van der Waals surface area contributed by atoms with Gasteiger partial charge < -0.3 is 16.0 Å². The Kier molecular flexibility index (Phi) is 5.89. The van der Waals surface area contributed by atoms with Crippen molar-refractivity contribution in [2.45, 2.75) is 19.4 Å². The predicted molar refractivity (Wildman–Crippen MR) is 92.3 cm³/mol. The van der Waals surface area contributed by atoms with Crippen LogP contribution in [0.5, 0.6) is 0 Å². The molecule has 0 fully saturated rings. The zero-order chi connectivity index (χ0) is 17.5. The molecule has 0 bridgehead atoms. The van der Waals surface area contributed by atoms with E-state index in [0.717, 1.165) is 11.3 Å². The van der Waals surface area contributed by atoms with Gasteiger partial charge in [-0.25, -0.2) is 4.39 Å². The van der Waals surface area contributed by atoms with Crippen LogP contribution in [0.25, 0.3) is 0 Å². The van der Waals surface area contributed by atoms with Gasteiger partial charge in [-0.3, -0.25) is 9.59 Å². The first-order valence-electron chi connectivity index (χ1n) is 7.60. The van der Waals surface area contributed by atoms with Crippen LogP contribution in [0, 0.1) is 5.82 Å². The van der Waals surface area contributed by atoms with Crippen molar-refractivity contribution in [1.82, 2.24) is 5.32 Å². The largest absolute Gasteiger partial charge is 0.374 e. The van der Waals surface area contributed by atoms with Crippen molar-refractivity contribution in [3.8, 4) is 0 Å². The molecule has 2 aromatic carbocycles. The monoisotopic (exact) mass is 329 g/mol. The molecule has 2 aromatic rings. The smallest absolute Gasteiger partial charge is 0.246 e. The molecule has 0 aliphatic carbocycles. The summed E-state index contributed by atoms with van der Waals surface area (Å²) in [6, 6.07) is 12.5. The number of rotatable bonds is 6. The molecule has 0 spiro atoms. The van der Waals surface area contributed by atoms with Gasteiger partial charge in [-0.1, -0.05) is 18.2 Å². The van der Waals surface area contributed by atoms with Crippen LogP contribution in [-0.4, -0.2) is 24.9 Å². The molecule has 0 saturated carbocycles. The number of carbonyl (C=O) groups is 2. The van der Waals surface area contributed by atoms with E-state index in [4.69, 9.17) is 0 Å². The molecule has 6 heteroatoms. The molecular formula is C18H20FN3O2. The molecule has 1 atom stereocenters. The molecule has 3 N–H and O–H groups in total. The Balaban J connectivity index is 1.92. The first-order valence-corrected chi connectivity index (χ1v) is 7.60. The van der Waals surface area contributed by atoms with Gasteiger partial charge in [0.25, 0.3) is 0 Å². The van der Waals surface area contributed by atoms with Crippen molar-refractivity contribution in [2.24, 2.45) is 0 Å². The van der Waals surface area contributed by atoms with Crippen molar-refractivity contribution in [1.29, 1.82) is 0 Å². The van der Waals surface area contributed by atoms with Gasteiger partial charge in [0, 0.05) is 18.4 Å². The van der Waals surface area contributed by atoms with Gasteiger partial charge in [0.15, 0.2) is 0 Å². The molecule has 0 radical (unpaired) electrons. The second-order valence-electron chi connectivity index (χ2n) is 5.41. The molecule has 24 heavy (non-hydrogen) atoms. The molecule has 0 aromatic heterocycles. The number of hydrogen-bond donors (Lipinski definition) is 3. The van der Waals surface area contributed by atoms with Crippen molar-refractivity contribution in [2.75, 3.05) is 17.7 Å². The second-order valence-corrected chi connectivity index (χ2v) is 5.41. The van der Waals surface area contributed by atoms with Crippen LogP contribution in [0.3, 0.4) is 0 Å². The number of halogens is 1. The minimum Gasteiger partial charge on any atom is -0.374 e. The zero-order valence-electron chi connectivity index (χ0n) is 13.6. The second kappa shape index (κ2) is 8.10. The van der Waals surface area contributed by atoms with E-state index >= 15 is 0 Å². The maximum absolute atomic E-state index is 13.1. The van der Waals surface area contributed by atoms with E-state index in [1.807, 2.05) is 24.3 Å². The van der Waals surface area contributed by atoms with Crippen LogP contribution in [0.2, 0.25) is 0 Å². The number of benzene rings is 2. The van der Waals surface area contributed by atoms with Gasteiger partial charge in [-0.2, -0.15) is 0 Å². The summed E-state index contributed by atoms with van der Waals surface area (Å²) in [5.41, 5.74) is 2.06. The average Bonchev–Trinajstić information content (AvgIpc) is 2.56. The molecule has 2 rings (SSSR count). The lowest BCUT2D eigenvalue weighted by Gasteiger charge is -2.15. The third-order valence-electron chi connectivity index (χ3n) is 3.47. The predicted octanol–water partition coefficient (Wildman–Crippen LogP) is 2.55. The van der Waals surface area contributed by atoms with E-state index in [1.165, 1.54) is 18.2 Å². The maximum atomic E-state index is 13.1. The number of likely N-dealkylation sites (N-methyl/N-ethyl adjacent to an activating group) is 1. The Morgan fingerprint density at radius 3 is 2.42 bits per heavy atom. The van der Waals surface area contributed by atoms with E-state index in [9.17, 15) is 14.0 Å². The van der Waals surface area contributed by atoms with E-state index in [-0.39, 0.29) is 11.8 Å². The molecule has 0 aliphatic rings. The first kappa shape index (κ1) is 17.5. The van der Waals surface area contributed by atoms with Crippen LogP contribution in [0.15, 0.2) is 48.5 Å². The minimum atomic E-state index is -0.502. The highest BCUT2D eigenvalue weighted by Gasteiger charge is 2.13. The van der Waals surface area contributed by atoms with Crippen molar-refractivity contribution in [3.05, 3.63) is 59.9 Å². The van der Waals surface area contributed by atoms with Gasteiger partial charge in [-0.05, 0) is 42.8 Å². The highest BCUT2D eigenvalue weighted by molar-refractivity contribution is 5.96. The SMILES string of the molecule is CNC(=O)Cc1ccc(NC(C)C(=O)Nc2cccc(F)c2)cc1. The molecule has 0 saturated heterocycles. The van der Waals surface area contributed by atoms with Crippen molar-refractivity contribution >= 4 is 23.2 Å². The van der Waals surface area contributed by atoms with Gasteiger partial charge >= 0.3 is 0 Å². The molecule has 5 nitrogen and oxygen atoms in total. The third kappa shape index (κ3) is 5.08. The quantitative estimate of drug-likeness (QED) is 0.763. The molecule has 2 amide bonds. The molecule has 1 unspecified atom stereocenters. The Labute approximate surface area is 140 Å². The molecular weight excluding hydrogens is 309 g/mol. The summed E-state index contributed by atoms with van der Waals surface area (Å²) in [6.07, 6.45) is 0.312. The highest BCUT2D eigenvalue weighted by atomic mass is 19.1. The summed E-state index contributed by atoms with van der Waals surface area (Å²) in [4.78, 5) is 23.5. The summed E-state index contributed by atoms with van der Waals surface area (Å²) in [6.45, 7) is 1.72. The molecule has 126 valence electrons. The van der Waals surface area contributed by atoms with Gasteiger partial charge in [0.1, 0.15) is 11.9 Å². The van der Waals surface area contributed by atoms with Crippen molar-refractivity contribution in [3.63, 3.8) is 0 Å². The molecule has 0 aliphatic heterocycles. The van der Waals surface area contributed by atoms with Gasteiger partial charge in [0.05, 0.1) is 6.42 Å². The lowest BCUT2D eigenvalue weighted by Crippen LogP contribution is -2.31. The van der Waals surface area contributed by atoms with Gasteiger partial charge in [0.2, 0.25) is 11.8 Å². The zero-order valence-corrected chi connectivity index (χ0v) is 13.6. The Morgan fingerprint density at radius 2 is 1.79 bits per heavy atom. The third-order valence-corrected chi connectivity index (χ3v) is 3.47. The van der Waals surface area contributed by atoms with Gasteiger partial charge in [-0.15, -0.1) is 0 Å². The summed E-state index contributed by atoms with van der Waals surface area (Å²) >= 11 is 0. The lowest BCUT2D eigenvalue weighted by atomic mass is 10.1. The highest BCUT2D eigenvalue weighted by Crippen LogP contribution is 2.13. The molecule has 0 heterocycles. The van der Waals surface area contributed by atoms with E-state index in [0.29, 0.717) is 12.1 Å². The number of carbonyl (C=O) groups excluding carboxylic acids is 2. The Bertz CT molecular complexity index is 716. The standard InChI is InChI=1S/C18H20FN3O2/c1-12(18(24)22-16-5-3-4-14(19)11-16)21-15-8-6-13(7-9-15)10-17(23)20-2/h3-9,11-12,21H,10H2,1-2H3,(H,20,23)(H,22,24). The fourth-order valence-electron chi connectivity index (χ4n) is 2.12. The summed E-state index contributed by atoms with van der Waals surface area (Å²) in [5.74, 6) is -0.728. The first-order chi connectivity index (χ1) is 11.5. The summed E-state index contributed by atoms with van der Waals surface area (Å²) in [5, 5.41) is 8.29. The normalized spacial score (nSPS) is 11.5. The van der Waals surface area contributed by atoms with E-state index < -0.39 is 11.9 Å². The number of anilines is 2. The Morgan fingerprint density at radius 1 is 1.08 bits per heavy atom. The topological polar surface area (TPSA) is 70.2 Å². The summed E-state index contributed by atoms with van der Waals surface area (Å²) in [7, 11) is 1.59. The lowest BCUT2D eigenvalue weighted by molar-refractivity contribution is -0.120. The number of nitrogens with one attached hydrogen (secondary N) is 3. The fraction of sp³-hybridized carbons (Fsp3) is 0.222. The van der Waals surface area contributed by atoms with Crippen molar-refractivity contribution < 1.29 is 14.0 Å².